The summed E-state index contributed by atoms with van der Waals surface area (Å²) in [6.45, 7) is 6.15. The number of nitrogens with zero attached hydrogens (tertiary/aromatic N) is 2. The van der Waals surface area contributed by atoms with E-state index in [2.05, 4.69) is 10.2 Å². The molecule has 0 unspecified atom stereocenters. The van der Waals surface area contributed by atoms with Crippen LogP contribution in [0, 0.1) is 0 Å². The Kier molecular flexibility index (Phi) is 4.35. The van der Waals surface area contributed by atoms with E-state index in [0.717, 1.165) is 19.6 Å². The first-order valence-electron chi connectivity index (χ1n) is 7.65. The van der Waals surface area contributed by atoms with E-state index >= 15 is 0 Å². The molecule has 118 valence electrons. The first-order valence-corrected chi connectivity index (χ1v) is 9.09. The molecule has 6 nitrogen and oxygen atoms in total. The van der Waals surface area contributed by atoms with Gasteiger partial charge in [0.1, 0.15) is 5.76 Å². The lowest BCUT2D eigenvalue weighted by Gasteiger charge is -2.33. The van der Waals surface area contributed by atoms with Gasteiger partial charge < -0.3 is 9.73 Å². The van der Waals surface area contributed by atoms with Crippen LogP contribution in [0.25, 0.3) is 0 Å². The molecule has 1 aliphatic heterocycles. The number of furan rings is 1. The smallest absolute Gasteiger partial charge is 0.276 e. The van der Waals surface area contributed by atoms with Crippen LogP contribution < -0.4 is 5.32 Å². The zero-order valence-electron chi connectivity index (χ0n) is 12.4. The minimum absolute atomic E-state index is 0.0651. The van der Waals surface area contributed by atoms with Crippen LogP contribution >= 0.6 is 0 Å². The zero-order chi connectivity index (χ0) is 14.9. The fraction of sp³-hybridized carbons (Fsp3) is 0.714. The van der Waals surface area contributed by atoms with Crippen LogP contribution in [0.1, 0.15) is 25.5 Å². The monoisotopic (exact) mass is 313 g/mol. The van der Waals surface area contributed by atoms with Gasteiger partial charge in [0.25, 0.3) is 10.0 Å². The summed E-state index contributed by atoms with van der Waals surface area (Å²) in [6.07, 6.45) is 2.53. The molecular formula is C14H23N3O3S. The SMILES string of the molecule is CCNCc1ccc(S(=O)(=O)N2CCN(C3CC3)CC2)o1. The van der Waals surface area contributed by atoms with Crippen molar-refractivity contribution in [3.8, 4) is 0 Å². The van der Waals surface area contributed by atoms with Crippen LogP contribution in [0.15, 0.2) is 21.6 Å². The van der Waals surface area contributed by atoms with Crippen molar-refractivity contribution < 1.29 is 12.8 Å². The average molecular weight is 313 g/mol. The molecule has 1 saturated carbocycles. The molecule has 0 atom stereocenters. The van der Waals surface area contributed by atoms with Gasteiger partial charge in [0.05, 0.1) is 6.54 Å². The number of piperazine rings is 1. The number of hydrogen-bond acceptors (Lipinski definition) is 5. The minimum atomic E-state index is -3.48. The van der Waals surface area contributed by atoms with Gasteiger partial charge in [-0.15, -0.1) is 0 Å². The number of nitrogens with one attached hydrogen (secondary N) is 1. The number of sulfonamides is 1. The van der Waals surface area contributed by atoms with Gasteiger partial charge in [-0.25, -0.2) is 8.42 Å². The molecule has 2 heterocycles. The van der Waals surface area contributed by atoms with Gasteiger partial charge in [-0.2, -0.15) is 4.31 Å². The first-order chi connectivity index (χ1) is 10.1. The number of rotatable bonds is 6. The topological polar surface area (TPSA) is 65.8 Å². The molecule has 0 amide bonds. The van der Waals surface area contributed by atoms with Crippen molar-refractivity contribution in [2.75, 3.05) is 32.7 Å². The van der Waals surface area contributed by atoms with Crippen LogP contribution in [-0.2, 0) is 16.6 Å². The van der Waals surface area contributed by atoms with E-state index < -0.39 is 10.0 Å². The molecule has 0 spiro atoms. The molecule has 2 aliphatic rings. The third-order valence-electron chi connectivity index (χ3n) is 4.12. The average Bonchev–Trinajstić information content (AvgIpc) is 3.23. The lowest BCUT2D eigenvalue weighted by atomic mass is 10.3. The summed E-state index contributed by atoms with van der Waals surface area (Å²) in [5, 5.41) is 3.19. The summed E-state index contributed by atoms with van der Waals surface area (Å²) in [7, 11) is -3.48. The summed E-state index contributed by atoms with van der Waals surface area (Å²) in [6, 6.07) is 4.00. The zero-order valence-corrected chi connectivity index (χ0v) is 13.2. The maximum Gasteiger partial charge on any atom is 0.276 e. The predicted molar refractivity (Wildman–Crippen MR) is 79.4 cm³/mol. The van der Waals surface area contributed by atoms with Crippen LogP contribution in [0.4, 0.5) is 0 Å². The Morgan fingerprint density at radius 1 is 1.24 bits per heavy atom. The quantitative estimate of drug-likeness (QED) is 0.844. The highest BCUT2D eigenvalue weighted by molar-refractivity contribution is 7.89. The molecular weight excluding hydrogens is 290 g/mol. The van der Waals surface area contributed by atoms with Crippen LogP contribution in [0.2, 0.25) is 0 Å². The van der Waals surface area contributed by atoms with Crippen molar-refractivity contribution >= 4 is 10.0 Å². The summed E-state index contributed by atoms with van der Waals surface area (Å²) in [4.78, 5) is 2.39. The van der Waals surface area contributed by atoms with E-state index in [0.29, 0.717) is 31.4 Å². The Bertz CT molecular complexity index is 572. The molecule has 2 fully saturated rings. The highest BCUT2D eigenvalue weighted by Gasteiger charge is 2.35. The van der Waals surface area contributed by atoms with E-state index in [1.54, 1.807) is 16.4 Å². The lowest BCUT2D eigenvalue weighted by Crippen LogP contribution is -2.49. The summed E-state index contributed by atoms with van der Waals surface area (Å²) >= 11 is 0. The minimum Gasteiger partial charge on any atom is -0.447 e. The maximum atomic E-state index is 12.6. The Labute approximate surface area is 126 Å². The summed E-state index contributed by atoms with van der Waals surface area (Å²) in [5.74, 6) is 0.659. The highest BCUT2D eigenvalue weighted by atomic mass is 32.2. The van der Waals surface area contributed by atoms with Gasteiger partial charge in [-0.1, -0.05) is 6.92 Å². The Morgan fingerprint density at radius 2 is 1.95 bits per heavy atom. The summed E-state index contributed by atoms with van der Waals surface area (Å²) < 4.78 is 32.1. The van der Waals surface area contributed by atoms with E-state index in [1.807, 2.05) is 6.92 Å². The van der Waals surface area contributed by atoms with Gasteiger partial charge in [-0.05, 0) is 31.5 Å². The van der Waals surface area contributed by atoms with Crippen LogP contribution in [0.3, 0.4) is 0 Å². The van der Waals surface area contributed by atoms with Crippen molar-refractivity contribution in [3.63, 3.8) is 0 Å². The van der Waals surface area contributed by atoms with Gasteiger partial charge in [0.2, 0.25) is 5.09 Å². The third-order valence-corrected chi connectivity index (χ3v) is 5.89. The largest absolute Gasteiger partial charge is 0.447 e. The van der Waals surface area contributed by atoms with Crippen molar-refractivity contribution in [3.05, 3.63) is 17.9 Å². The van der Waals surface area contributed by atoms with Crippen molar-refractivity contribution in [1.82, 2.24) is 14.5 Å². The fourth-order valence-corrected chi connectivity index (χ4v) is 4.07. The van der Waals surface area contributed by atoms with E-state index in [9.17, 15) is 8.42 Å². The normalized spacial score (nSPS) is 21.8. The molecule has 0 bridgehead atoms. The number of hydrogen-bond donors (Lipinski definition) is 1. The molecule has 21 heavy (non-hydrogen) atoms. The molecule has 1 aliphatic carbocycles. The second kappa shape index (κ2) is 6.08. The molecule has 3 rings (SSSR count). The van der Waals surface area contributed by atoms with Crippen molar-refractivity contribution in [2.24, 2.45) is 0 Å². The van der Waals surface area contributed by atoms with E-state index in [4.69, 9.17) is 4.42 Å². The molecule has 1 aromatic heterocycles. The fourth-order valence-electron chi connectivity index (χ4n) is 2.72. The van der Waals surface area contributed by atoms with Gasteiger partial charge in [0.15, 0.2) is 0 Å². The molecule has 1 N–H and O–H groups in total. The molecule has 1 aromatic rings. The Hall–Kier alpha value is -0.890. The Morgan fingerprint density at radius 3 is 2.57 bits per heavy atom. The highest BCUT2D eigenvalue weighted by Crippen LogP contribution is 2.28. The lowest BCUT2D eigenvalue weighted by molar-refractivity contribution is 0.178. The van der Waals surface area contributed by atoms with Crippen LogP contribution in [-0.4, -0.2) is 56.4 Å². The molecule has 0 radical (unpaired) electrons. The van der Waals surface area contributed by atoms with Gasteiger partial charge in [-0.3, -0.25) is 4.90 Å². The first kappa shape index (κ1) is 15.0. The van der Waals surface area contributed by atoms with E-state index in [1.165, 1.54) is 12.8 Å². The molecule has 0 aromatic carbocycles. The molecule has 7 heteroatoms. The van der Waals surface area contributed by atoms with Crippen LogP contribution in [0.5, 0.6) is 0 Å². The van der Waals surface area contributed by atoms with Gasteiger partial charge in [0, 0.05) is 32.2 Å². The van der Waals surface area contributed by atoms with Crippen molar-refractivity contribution in [1.29, 1.82) is 0 Å². The standard InChI is InChI=1S/C14H23N3O3S/c1-2-15-11-13-5-6-14(20-13)21(18,19)17-9-7-16(8-10-17)12-3-4-12/h5-6,12,15H,2-4,7-11H2,1H3. The third kappa shape index (κ3) is 3.31. The second-order valence-corrected chi connectivity index (χ2v) is 7.54. The van der Waals surface area contributed by atoms with Crippen molar-refractivity contribution in [2.45, 2.75) is 37.4 Å². The summed E-state index contributed by atoms with van der Waals surface area (Å²) in [5.41, 5.74) is 0. The van der Waals surface area contributed by atoms with E-state index in [-0.39, 0.29) is 5.09 Å². The second-order valence-electron chi connectivity index (χ2n) is 5.67. The molecule has 1 saturated heterocycles. The maximum absolute atomic E-state index is 12.6. The predicted octanol–water partition coefficient (Wildman–Crippen LogP) is 0.858. The van der Waals surface area contributed by atoms with Gasteiger partial charge >= 0.3 is 0 Å². The Balaban J connectivity index is 1.64.